The normalized spacial score (nSPS) is 23.9. The van der Waals surface area contributed by atoms with Crippen molar-refractivity contribution in [2.24, 2.45) is 5.92 Å². The van der Waals surface area contributed by atoms with Crippen molar-refractivity contribution in [2.75, 3.05) is 0 Å². The number of aryl methyl sites for hydroxylation is 1. The lowest BCUT2D eigenvalue weighted by Gasteiger charge is -2.35. The van der Waals surface area contributed by atoms with Crippen molar-refractivity contribution in [3.8, 4) is 0 Å². The molecule has 2 aliphatic carbocycles. The van der Waals surface area contributed by atoms with Gasteiger partial charge in [0.15, 0.2) is 0 Å². The molecule has 0 amide bonds. The Morgan fingerprint density at radius 2 is 1.42 bits per heavy atom. The average Bonchev–Trinajstić information content (AvgIpc) is 3.14. The van der Waals surface area contributed by atoms with Gasteiger partial charge in [-0.3, -0.25) is 0 Å². The fraction of sp³-hybridized carbons (Fsp3) is 0.231. The van der Waals surface area contributed by atoms with Gasteiger partial charge < -0.3 is 0 Å². The zero-order valence-corrected chi connectivity index (χ0v) is 15.2. The molecule has 0 heterocycles. The van der Waals surface area contributed by atoms with Gasteiger partial charge in [0.25, 0.3) is 0 Å². The number of rotatable bonds is 2. The van der Waals surface area contributed by atoms with E-state index in [0.29, 0.717) is 17.8 Å². The van der Waals surface area contributed by atoms with E-state index < -0.39 is 0 Å². The molecule has 5 rings (SSSR count). The summed E-state index contributed by atoms with van der Waals surface area (Å²) in [6, 6.07) is 29.3. The minimum absolute atomic E-state index is 0.582. The Kier molecular flexibility index (Phi) is 3.78. The Balaban J connectivity index is 1.59. The standard InChI is InChI=1S/C26H24/c1-18-11-13-19(14-12-18)22-16-25-23-10-6-5-9-21(23)15-24(26(25)17-22)20-7-3-2-4-8-20/h2-14,17,24-26H,15-16H2,1H3. The fourth-order valence-electron chi connectivity index (χ4n) is 4.98. The van der Waals surface area contributed by atoms with E-state index in [0.717, 1.165) is 12.8 Å². The van der Waals surface area contributed by atoms with Gasteiger partial charge in [-0.15, -0.1) is 0 Å². The highest BCUT2D eigenvalue weighted by Gasteiger charge is 2.40. The molecule has 0 fully saturated rings. The summed E-state index contributed by atoms with van der Waals surface area (Å²) in [6.07, 6.45) is 4.90. The van der Waals surface area contributed by atoms with E-state index in [1.807, 2.05) is 0 Å². The molecule has 3 unspecified atom stereocenters. The molecule has 3 atom stereocenters. The first-order valence-electron chi connectivity index (χ1n) is 9.70. The smallest absolute Gasteiger partial charge is 0.00495 e. The molecule has 0 bridgehead atoms. The fourth-order valence-corrected chi connectivity index (χ4v) is 4.98. The Hall–Kier alpha value is -2.60. The van der Waals surface area contributed by atoms with Crippen LogP contribution in [0.1, 0.15) is 46.1 Å². The second-order valence-electron chi connectivity index (χ2n) is 7.87. The molecule has 0 saturated heterocycles. The molecule has 2 aliphatic rings. The van der Waals surface area contributed by atoms with Gasteiger partial charge in [-0.25, -0.2) is 0 Å². The lowest BCUT2D eigenvalue weighted by atomic mass is 9.68. The van der Waals surface area contributed by atoms with Crippen molar-refractivity contribution in [1.82, 2.24) is 0 Å². The molecule has 0 N–H and O–H groups in total. The van der Waals surface area contributed by atoms with Gasteiger partial charge in [-0.2, -0.15) is 0 Å². The Bertz CT molecular complexity index is 947. The van der Waals surface area contributed by atoms with Crippen molar-refractivity contribution in [2.45, 2.75) is 31.6 Å². The van der Waals surface area contributed by atoms with Crippen molar-refractivity contribution in [3.05, 3.63) is 113 Å². The lowest BCUT2D eigenvalue weighted by Crippen LogP contribution is -2.24. The van der Waals surface area contributed by atoms with Crippen LogP contribution in [0.5, 0.6) is 0 Å². The molecule has 3 aromatic carbocycles. The van der Waals surface area contributed by atoms with Crippen LogP contribution in [0.25, 0.3) is 5.57 Å². The summed E-state index contributed by atoms with van der Waals surface area (Å²) >= 11 is 0. The Morgan fingerprint density at radius 3 is 2.23 bits per heavy atom. The van der Waals surface area contributed by atoms with Crippen LogP contribution in [0.3, 0.4) is 0 Å². The quantitative estimate of drug-likeness (QED) is 0.499. The van der Waals surface area contributed by atoms with Crippen molar-refractivity contribution in [1.29, 1.82) is 0 Å². The monoisotopic (exact) mass is 336 g/mol. The van der Waals surface area contributed by atoms with Crippen LogP contribution in [-0.4, -0.2) is 0 Å². The average molecular weight is 336 g/mol. The third-order valence-corrected chi connectivity index (χ3v) is 6.31. The molecule has 0 spiro atoms. The maximum Gasteiger partial charge on any atom is -0.00495 e. The van der Waals surface area contributed by atoms with E-state index in [2.05, 4.69) is 91.9 Å². The van der Waals surface area contributed by atoms with Crippen LogP contribution in [0, 0.1) is 12.8 Å². The van der Waals surface area contributed by atoms with E-state index >= 15 is 0 Å². The molecule has 26 heavy (non-hydrogen) atoms. The second-order valence-corrected chi connectivity index (χ2v) is 7.87. The summed E-state index contributed by atoms with van der Waals surface area (Å²) in [5.74, 6) is 1.80. The second kappa shape index (κ2) is 6.29. The Morgan fingerprint density at radius 1 is 0.692 bits per heavy atom. The maximum absolute atomic E-state index is 2.59. The third-order valence-electron chi connectivity index (χ3n) is 6.31. The molecule has 0 nitrogen and oxygen atoms in total. The predicted octanol–water partition coefficient (Wildman–Crippen LogP) is 6.52. The van der Waals surface area contributed by atoms with Crippen LogP contribution < -0.4 is 0 Å². The highest BCUT2D eigenvalue weighted by Crippen LogP contribution is 2.53. The van der Waals surface area contributed by atoms with E-state index in [4.69, 9.17) is 0 Å². The van der Waals surface area contributed by atoms with Crippen molar-refractivity contribution >= 4 is 5.57 Å². The largest absolute Gasteiger partial charge is 0.0763 e. The number of allylic oxidation sites excluding steroid dienone is 2. The zero-order valence-electron chi connectivity index (χ0n) is 15.2. The summed E-state index contributed by atoms with van der Waals surface area (Å²) in [4.78, 5) is 0. The minimum atomic E-state index is 0.582. The van der Waals surface area contributed by atoms with Crippen molar-refractivity contribution < 1.29 is 0 Å². The van der Waals surface area contributed by atoms with Gasteiger partial charge in [0.05, 0.1) is 0 Å². The molecule has 0 aliphatic heterocycles. The summed E-state index contributed by atoms with van der Waals surface area (Å²) in [7, 11) is 0. The predicted molar refractivity (Wildman–Crippen MR) is 109 cm³/mol. The zero-order chi connectivity index (χ0) is 17.5. The highest BCUT2D eigenvalue weighted by atomic mass is 14.4. The SMILES string of the molecule is Cc1ccc(C2=CC3C(c4ccccc4)Cc4ccccc4C3C2)cc1. The van der Waals surface area contributed by atoms with Crippen molar-refractivity contribution in [3.63, 3.8) is 0 Å². The summed E-state index contributed by atoms with van der Waals surface area (Å²) in [5.41, 5.74) is 8.85. The van der Waals surface area contributed by atoms with Gasteiger partial charge in [-0.05, 0) is 65.3 Å². The van der Waals surface area contributed by atoms with Crippen LogP contribution in [0.15, 0.2) is 84.9 Å². The number of fused-ring (bicyclic) bond motifs is 3. The van der Waals surface area contributed by atoms with Gasteiger partial charge >= 0.3 is 0 Å². The molecule has 0 heteroatoms. The maximum atomic E-state index is 2.59. The first-order chi connectivity index (χ1) is 12.8. The highest BCUT2D eigenvalue weighted by molar-refractivity contribution is 5.70. The molecule has 0 saturated carbocycles. The lowest BCUT2D eigenvalue weighted by molar-refractivity contribution is 0.412. The molecular formula is C26H24. The van der Waals surface area contributed by atoms with E-state index in [9.17, 15) is 0 Å². The van der Waals surface area contributed by atoms with Crippen LogP contribution in [0.2, 0.25) is 0 Å². The third kappa shape index (κ3) is 2.61. The van der Waals surface area contributed by atoms with Gasteiger partial charge in [0.2, 0.25) is 0 Å². The molecule has 3 aromatic rings. The summed E-state index contributed by atoms with van der Waals surface area (Å²) < 4.78 is 0. The number of benzene rings is 3. The van der Waals surface area contributed by atoms with Crippen LogP contribution in [0.4, 0.5) is 0 Å². The van der Waals surface area contributed by atoms with Gasteiger partial charge in [-0.1, -0.05) is 90.5 Å². The van der Waals surface area contributed by atoms with E-state index in [-0.39, 0.29) is 0 Å². The number of hydrogen-bond acceptors (Lipinski definition) is 0. The van der Waals surface area contributed by atoms with Gasteiger partial charge in [0, 0.05) is 0 Å². The van der Waals surface area contributed by atoms with Gasteiger partial charge in [0.1, 0.15) is 0 Å². The number of hydrogen-bond donors (Lipinski definition) is 0. The summed E-state index contributed by atoms with van der Waals surface area (Å²) in [6.45, 7) is 2.16. The molecule has 128 valence electrons. The van der Waals surface area contributed by atoms with Crippen LogP contribution >= 0.6 is 0 Å². The first-order valence-corrected chi connectivity index (χ1v) is 9.70. The molecule has 0 radical (unpaired) electrons. The topological polar surface area (TPSA) is 0 Å². The molecular weight excluding hydrogens is 312 g/mol. The minimum Gasteiger partial charge on any atom is -0.0763 e. The summed E-state index contributed by atoms with van der Waals surface area (Å²) in [5, 5.41) is 0. The van der Waals surface area contributed by atoms with Crippen LogP contribution in [-0.2, 0) is 6.42 Å². The van der Waals surface area contributed by atoms with E-state index in [1.165, 1.54) is 22.3 Å². The first kappa shape index (κ1) is 15.6. The Labute approximate surface area is 156 Å². The van der Waals surface area contributed by atoms with E-state index in [1.54, 1.807) is 11.1 Å². The molecule has 0 aromatic heterocycles.